The van der Waals surface area contributed by atoms with Crippen molar-refractivity contribution < 1.29 is 9.47 Å². The molecule has 1 aromatic heterocycles. The van der Waals surface area contributed by atoms with Crippen molar-refractivity contribution in [3.8, 4) is 5.88 Å². The quantitative estimate of drug-likeness (QED) is 0.789. The SMILES string of the molecule is CCCOc1cc(NC(C)(C)COC)ncn1. The van der Waals surface area contributed by atoms with Crippen molar-refractivity contribution in [1.82, 2.24) is 9.97 Å². The second kappa shape index (κ2) is 6.39. The van der Waals surface area contributed by atoms with E-state index in [1.165, 1.54) is 6.33 Å². The van der Waals surface area contributed by atoms with Gasteiger partial charge in [0, 0.05) is 13.2 Å². The van der Waals surface area contributed by atoms with Gasteiger partial charge in [0.1, 0.15) is 12.1 Å². The molecule has 96 valence electrons. The Morgan fingerprint density at radius 1 is 1.35 bits per heavy atom. The Morgan fingerprint density at radius 3 is 2.76 bits per heavy atom. The summed E-state index contributed by atoms with van der Waals surface area (Å²) >= 11 is 0. The third kappa shape index (κ3) is 4.99. The Morgan fingerprint density at radius 2 is 2.12 bits per heavy atom. The second-order valence-electron chi connectivity index (χ2n) is 4.53. The first-order chi connectivity index (χ1) is 8.07. The van der Waals surface area contributed by atoms with E-state index >= 15 is 0 Å². The minimum atomic E-state index is -0.175. The van der Waals surface area contributed by atoms with Crippen molar-refractivity contribution in [2.75, 3.05) is 25.6 Å². The first kappa shape index (κ1) is 13.7. The molecule has 0 amide bonds. The molecule has 0 unspecified atom stereocenters. The number of ether oxygens (including phenoxy) is 2. The molecular weight excluding hydrogens is 218 g/mol. The molecule has 5 heteroatoms. The van der Waals surface area contributed by atoms with Gasteiger partial charge in [0.2, 0.25) is 5.88 Å². The number of nitrogens with one attached hydrogen (secondary N) is 1. The maximum Gasteiger partial charge on any atom is 0.218 e. The summed E-state index contributed by atoms with van der Waals surface area (Å²) in [6.07, 6.45) is 2.46. The highest BCUT2D eigenvalue weighted by atomic mass is 16.5. The van der Waals surface area contributed by atoms with Crippen LogP contribution in [0, 0.1) is 0 Å². The standard InChI is InChI=1S/C12H21N3O2/c1-5-6-17-11-7-10(13-9-14-11)15-12(2,3)8-16-4/h7,9H,5-6,8H2,1-4H3,(H,13,14,15). The van der Waals surface area contributed by atoms with Crippen LogP contribution in [0.4, 0.5) is 5.82 Å². The van der Waals surface area contributed by atoms with Crippen LogP contribution in [-0.2, 0) is 4.74 Å². The average Bonchev–Trinajstić information content (AvgIpc) is 2.26. The van der Waals surface area contributed by atoms with Gasteiger partial charge in [-0.15, -0.1) is 0 Å². The predicted octanol–water partition coefficient (Wildman–Crippen LogP) is 2.10. The molecule has 0 radical (unpaired) electrons. The average molecular weight is 239 g/mol. The van der Waals surface area contributed by atoms with Gasteiger partial charge < -0.3 is 14.8 Å². The van der Waals surface area contributed by atoms with Crippen LogP contribution in [0.15, 0.2) is 12.4 Å². The van der Waals surface area contributed by atoms with E-state index in [-0.39, 0.29) is 5.54 Å². The molecule has 0 saturated heterocycles. The summed E-state index contributed by atoms with van der Waals surface area (Å²) in [4.78, 5) is 8.21. The summed E-state index contributed by atoms with van der Waals surface area (Å²) in [5.74, 6) is 1.34. The molecule has 0 aliphatic carbocycles. The smallest absolute Gasteiger partial charge is 0.218 e. The van der Waals surface area contributed by atoms with E-state index in [0.29, 0.717) is 19.1 Å². The molecule has 0 atom stereocenters. The zero-order chi connectivity index (χ0) is 12.7. The van der Waals surface area contributed by atoms with Crippen molar-refractivity contribution in [3.63, 3.8) is 0 Å². The topological polar surface area (TPSA) is 56.3 Å². The molecular formula is C12H21N3O2. The first-order valence-electron chi connectivity index (χ1n) is 5.79. The van der Waals surface area contributed by atoms with Crippen LogP contribution in [0.3, 0.4) is 0 Å². The second-order valence-corrected chi connectivity index (χ2v) is 4.53. The lowest BCUT2D eigenvalue weighted by Crippen LogP contribution is -2.36. The summed E-state index contributed by atoms with van der Waals surface area (Å²) < 4.78 is 10.6. The number of methoxy groups -OCH3 is 1. The van der Waals surface area contributed by atoms with Crippen LogP contribution < -0.4 is 10.1 Å². The van der Waals surface area contributed by atoms with Crippen molar-refractivity contribution in [2.24, 2.45) is 0 Å². The summed E-state index contributed by atoms with van der Waals surface area (Å²) in [7, 11) is 1.68. The number of hydrogen-bond donors (Lipinski definition) is 1. The number of nitrogens with zero attached hydrogens (tertiary/aromatic N) is 2. The number of anilines is 1. The molecule has 0 aliphatic heterocycles. The van der Waals surface area contributed by atoms with E-state index in [1.807, 2.05) is 13.8 Å². The van der Waals surface area contributed by atoms with E-state index < -0.39 is 0 Å². The fraction of sp³-hybridized carbons (Fsp3) is 0.667. The zero-order valence-electron chi connectivity index (χ0n) is 11.0. The molecule has 1 rings (SSSR count). The minimum Gasteiger partial charge on any atom is -0.478 e. The van der Waals surface area contributed by atoms with Crippen LogP contribution in [0.5, 0.6) is 5.88 Å². The van der Waals surface area contributed by atoms with Crippen LogP contribution >= 0.6 is 0 Å². The maximum absolute atomic E-state index is 5.45. The van der Waals surface area contributed by atoms with E-state index in [9.17, 15) is 0 Å². The summed E-state index contributed by atoms with van der Waals surface area (Å²) in [6, 6.07) is 1.80. The highest BCUT2D eigenvalue weighted by molar-refractivity contribution is 5.39. The number of aromatic nitrogens is 2. The highest BCUT2D eigenvalue weighted by Gasteiger charge is 2.17. The lowest BCUT2D eigenvalue weighted by Gasteiger charge is -2.25. The molecule has 1 N–H and O–H groups in total. The van der Waals surface area contributed by atoms with Crippen LogP contribution in [-0.4, -0.2) is 35.8 Å². The lowest BCUT2D eigenvalue weighted by atomic mass is 10.1. The van der Waals surface area contributed by atoms with E-state index in [1.54, 1.807) is 13.2 Å². The van der Waals surface area contributed by atoms with Gasteiger partial charge >= 0.3 is 0 Å². The zero-order valence-corrected chi connectivity index (χ0v) is 11.0. The van der Waals surface area contributed by atoms with Gasteiger partial charge in [-0.1, -0.05) is 6.92 Å². The van der Waals surface area contributed by atoms with Crippen molar-refractivity contribution >= 4 is 5.82 Å². The fourth-order valence-corrected chi connectivity index (χ4v) is 1.44. The van der Waals surface area contributed by atoms with Crippen LogP contribution in [0.1, 0.15) is 27.2 Å². The maximum atomic E-state index is 5.45. The molecule has 0 saturated carbocycles. The van der Waals surface area contributed by atoms with Gasteiger partial charge in [0.25, 0.3) is 0 Å². The molecule has 0 fully saturated rings. The van der Waals surface area contributed by atoms with Crippen LogP contribution in [0.25, 0.3) is 0 Å². The Kier molecular flexibility index (Phi) is 5.15. The Bertz CT molecular complexity index is 342. The van der Waals surface area contributed by atoms with Crippen molar-refractivity contribution in [2.45, 2.75) is 32.7 Å². The minimum absolute atomic E-state index is 0.175. The highest BCUT2D eigenvalue weighted by Crippen LogP contribution is 2.16. The summed E-state index contributed by atoms with van der Waals surface area (Å²) in [6.45, 7) is 7.42. The molecule has 0 aromatic carbocycles. The van der Waals surface area contributed by atoms with Gasteiger partial charge in [-0.05, 0) is 20.3 Å². The Hall–Kier alpha value is -1.36. The molecule has 0 aliphatic rings. The van der Waals surface area contributed by atoms with E-state index in [2.05, 4.69) is 22.2 Å². The third-order valence-electron chi connectivity index (χ3n) is 2.07. The number of hydrogen-bond acceptors (Lipinski definition) is 5. The molecule has 0 spiro atoms. The summed E-state index contributed by atoms with van der Waals surface area (Å²) in [5, 5.41) is 3.28. The fourth-order valence-electron chi connectivity index (χ4n) is 1.44. The van der Waals surface area contributed by atoms with Gasteiger partial charge in [-0.3, -0.25) is 0 Å². The van der Waals surface area contributed by atoms with Crippen molar-refractivity contribution in [1.29, 1.82) is 0 Å². The largest absolute Gasteiger partial charge is 0.478 e. The van der Waals surface area contributed by atoms with Gasteiger partial charge in [0.15, 0.2) is 0 Å². The monoisotopic (exact) mass is 239 g/mol. The Balaban J connectivity index is 2.64. The lowest BCUT2D eigenvalue weighted by molar-refractivity contribution is 0.158. The number of rotatable bonds is 7. The molecule has 5 nitrogen and oxygen atoms in total. The van der Waals surface area contributed by atoms with E-state index in [4.69, 9.17) is 9.47 Å². The van der Waals surface area contributed by atoms with Gasteiger partial charge in [-0.2, -0.15) is 0 Å². The third-order valence-corrected chi connectivity index (χ3v) is 2.07. The normalized spacial score (nSPS) is 11.3. The predicted molar refractivity (Wildman–Crippen MR) is 67.4 cm³/mol. The van der Waals surface area contributed by atoms with Gasteiger partial charge in [-0.25, -0.2) is 9.97 Å². The molecule has 1 aromatic rings. The van der Waals surface area contributed by atoms with Gasteiger partial charge in [0.05, 0.1) is 18.8 Å². The van der Waals surface area contributed by atoms with Crippen molar-refractivity contribution in [3.05, 3.63) is 12.4 Å². The van der Waals surface area contributed by atoms with Crippen LogP contribution in [0.2, 0.25) is 0 Å². The molecule has 0 bridgehead atoms. The Labute approximate surface area is 103 Å². The summed E-state index contributed by atoms with van der Waals surface area (Å²) in [5.41, 5.74) is -0.175. The molecule has 17 heavy (non-hydrogen) atoms. The molecule has 1 heterocycles. The first-order valence-corrected chi connectivity index (χ1v) is 5.79. The van der Waals surface area contributed by atoms with E-state index in [0.717, 1.165) is 12.2 Å².